The van der Waals surface area contributed by atoms with Gasteiger partial charge in [0.2, 0.25) is 0 Å². The van der Waals surface area contributed by atoms with E-state index in [4.69, 9.17) is 9.47 Å². The van der Waals surface area contributed by atoms with Gasteiger partial charge in [-0.2, -0.15) is 0 Å². The number of aryl methyl sites for hydroxylation is 1. The number of cyclic esters (lactones) is 2. The van der Waals surface area contributed by atoms with Crippen molar-refractivity contribution in [2.75, 3.05) is 6.61 Å². The van der Waals surface area contributed by atoms with Crippen LogP contribution in [-0.4, -0.2) is 29.9 Å². The van der Waals surface area contributed by atoms with Gasteiger partial charge in [-0.3, -0.25) is 9.59 Å². The van der Waals surface area contributed by atoms with Crippen molar-refractivity contribution < 1.29 is 23.9 Å². The van der Waals surface area contributed by atoms with E-state index in [1.165, 1.54) is 6.92 Å². The third-order valence-electron chi connectivity index (χ3n) is 5.88. The second kappa shape index (κ2) is 5.55. The third kappa shape index (κ3) is 2.18. The topological polar surface area (TPSA) is 69.7 Å². The highest BCUT2D eigenvalue weighted by atomic mass is 16.6. The van der Waals surface area contributed by atoms with Gasteiger partial charge in [-0.25, -0.2) is 4.79 Å². The molecule has 2 heterocycles. The van der Waals surface area contributed by atoms with Gasteiger partial charge in [-0.15, -0.1) is 0 Å². The molecule has 1 fully saturated rings. The van der Waals surface area contributed by atoms with E-state index in [1.54, 1.807) is 13.8 Å². The molecule has 0 N–H and O–H groups in total. The third-order valence-corrected chi connectivity index (χ3v) is 5.88. The van der Waals surface area contributed by atoms with Crippen molar-refractivity contribution in [3.05, 3.63) is 46.5 Å². The van der Waals surface area contributed by atoms with Crippen LogP contribution in [0.1, 0.15) is 38.8 Å². The lowest BCUT2D eigenvalue weighted by Gasteiger charge is -2.44. The zero-order valence-electron chi connectivity index (χ0n) is 15.1. The molecule has 2 aliphatic heterocycles. The van der Waals surface area contributed by atoms with E-state index in [1.807, 2.05) is 38.1 Å². The van der Waals surface area contributed by atoms with Crippen LogP contribution in [0.15, 0.2) is 35.4 Å². The summed E-state index contributed by atoms with van der Waals surface area (Å²) in [5.41, 5.74) is 0.833. The average Bonchev–Trinajstić information content (AvgIpc) is 3.01. The van der Waals surface area contributed by atoms with Crippen molar-refractivity contribution >= 4 is 17.7 Å². The van der Waals surface area contributed by atoms with Gasteiger partial charge in [0.05, 0.1) is 5.41 Å². The number of benzene rings is 1. The van der Waals surface area contributed by atoms with E-state index in [-0.39, 0.29) is 12.4 Å². The fraction of sp³-hybridized carbons (Fsp3) is 0.450. The maximum Gasteiger partial charge on any atom is 0.334 e. The van der Waals surface area contributed by atoms with Gasteiger partial charge in [-0.05, 0) is 45.8 Å². The normalized spacial score (nSPS) is 32.0. The molecule has 5 heteroatoms. The molecule has 1 saturated heterocycles. The summed E-state index contributed by atoms with van der Waals surface area (Å²) in [6, 6.07) is 7.60. The largest absolute Gasteiger partial charge is 0.464 e. The summed E-state index contributed by atoms with van der Waals surface area (Å²) in [5, 5.41) is 0. The molecule has 0 aliphatic carbocycles. The van der Waals surface area contributed by atoms with Crippen molar-refractivity contribution in [3.8, 4) is 0 Å². The minimum absolute atomic E-state index is 0.00641. The van der Waals surface area contributed by atoms with Crippen molar-refractivity contribution in [1.29, 1.82) is 0 Å². The number of hydrogen-bond acceptors (Lipinski definition) is 5. The van der Waals surface area contributed by atoms with Gasteiger partial charge in [0.1, 0.15) is 23.9 Å². The number of ketones is 1. The number of ether oxygens (including phenoxy) is 2. The summed E-state index contributed by atoms with van der Waals surface area (Å²) < 4.78 is 11.1. The first kappa shape index (κ1) is 17.4. The summed E-state index contributed by atoms with van der Waals surface area (Å²) in [5.74, 6) is -2.30. The lowest BCUT2D eigenvalue weighted by atomic mass is 9.59. The average molecular weight is 342 g/mol. The van der Waals surface area contributed by atoms with Crippen LogP contribution in [0, 0.1) is 12.8 Å². The Kier molecular flexibility index (Phi) is 3.86. The Labute approximate surface area is 147 Å². The second-order valence-electron chi connectivity index (χ2n) is 7.16. The molecule has 3 rings (SSSR count). The predicted molar refractivity (Wildman–Crippen MR) is 90.9 cm³/mol. The Bertz CT molecular complexity index is 804. The van der Waals surface area contributed by atoms with E-state index >= 15 is 0 Å². The first-order valence-electron chi connectivity index (χ1n) is 8.30. The van der Waals surface area contributed by atoms with E-state index < -0.39 is 28.9 Å². The van der Waals surface area contributed by atoms with Crippen LogP contribution >= 0.6 is 0 Å². The molecule has 0 saturated carbocycles. The highest BCUT2D eigenvalue weighted by Gasteiger charge is 2.67. The van der Waals surface area contributed by atoms with Crippen LogP contribution in [-0.2, 0) is 29.3 Å². The Morgan fingerprint density at radius 2 is 1.72 bits per heavy atom. The smallest absolute Gasteiger partial charge is 0.334 e. The number of Topliss-reactive ketones (excluding diaryl/α,β-unsaturated/α-hetero) is 1. The standard InChI is InChI=1S/C20H22O5/c1-11-6-8-15(9-7-11)20(10-24-18(23)16(20)14(4)21)19(5)13(3)12(2)17(22)25-19/h6-9,16H,10H2,1-5H3/t16-,19?,20+/m1/s1. The molecule has 1 unspecified atom stereocenters. The minimum atomic E-state index is -1.13. The van der Waals surface area contributed by atoms with Crippen LogP contribution in [0.2, 0.25) is 0 Å². The molecule has 132 valence electrons. The molecule has 1 aromatic carbocycles. The Hall–Kier alpha value is -2.43. The van der Waals surface area contributed by atoms with Gasteiger partial charge in [0.25, 0.3) is 0 Å². The number of carbonyl (C=O) groups is 3. The Balaban J connectivity index is 2.32. The summed E-state index contributed by atoms with van der Waals surface area (Å²) in [6.45, 7) is 8.62. The lowest BCUT2D eigenvalue weighted by molar-refractivity contribution is -0.156. The molecule has 0 spiro atoms. The van der Waals surface area contributed by atoms with Crippen LogP contribution < -0.4 is 0 Å². The molecular formula is C20H22O5. The Morgan fingerprint density at radius 3 is 2.20 bits per heavy atom. The number of hydrogen-bond donors (Lipinski definition) is 0. The van der Waals surface area contributed by atoms with E-state index in [2.05, 4.69) is 0 Å². The van der Waals surface area contributed by atoms with Crippen LogP contribution in [0.3, 0.4) is 0 Å². The van der Waals surface area contributed by atoms with Gasteiger partial charge in [0, 0.05) is 5.57 Å². The Morgan fingerprint density at radius 1 is 1.12 bits per heavy atom. The van der Waals surface area contributed by atoms with Crippen molar-refractivity contribution in [3.63, 3.8) is 0 Å². The molecule has 3 atom stereocenters. The van der Waals surface area contributed by atoms with Crippen molar-refractivity contribution in [1.82, 2.24) is 0 Å². The summed E-state index contributed by atoms with van der Waals surface area (Å²) in [6.07, 6.45) is 0. The number of esters is 2. The summed E-state index contributed by atoms with van der Waals surface area (Å²) in [7, 11) is 0. The molecule has 25 heavy (non-hydrogen) atoms. The molecule has 0 aromatic heterocycles. The molecular weight excluding hydrogens is 320 g/mol. The number of rotatable bonds is 3. The highest BCUT2D eigenvalue weighted by Crippen LogP contribution is 2.54. The van der Waals surface area contributed by atoms with Crippen LogP contribution in [0.4, 0.5) is 0 Å². The molecule has 0 amide bonds. The fourth-order valence-electron chi connectivity index (χ4n) is 4.13. The van der Waals surface area contributed by atoms with E-state index in [0.717, 1.165) is 16.7 Å². The molecule has 0 radical (unpaired) electrons. The van der Waals surface area contributed by atoms with Crippen molar-refractivity contribution in [2.24, 2.45) is 5.92 Å². The van der Waals surface area contributed by atoms with Gasteiger partial charge in [-0.1, -0.05) is 29.8 Å². The zero-order valence-corrected chi connectivity index (χ0v) is 15.1. The molecule has 1 aromatic rings. The van der Waals surface area contributed by atoms with Gasteiger partial charge >= 0.3 is 11.9 Å². The van der Waals surface area contributed by atoms with E-state index in [9.17, 15) is 14.4 Å². The van der Waals surface area contributed by atoms with E-state index in [0.29, 0.717) is 5.57 Å². The molecule has 2 aliphatic rings. The zero-order chi connectivity index (χ0) is 18.6. The first-order chi connectivity index (χ1) is 11.6. The quantitative estimate of drug-likeness (QED) is 0.624. The minimum Gasteiger partial charge on any atom is -0.464 e. The molecule has 0 bridgehead atoms. The van der Waals surface area contributed by atoms with Crippen LogP contribution in [0.25, 0.3) is 0 Å². The van der Waals surface area contributed by atoms with Crippen molar-refractivity contribution in [2.45, 2.75) is 45.6 Å². The fourth-order valence-corrected chi connectivity index (χ4v) is 4.13. The second-order valence-corrected chi connectivity index (χ2v) is 7.16. The summed E-state index contributed by atoms with van der Waals surface area (Å²) >= 11 is 0. The molecule has 5 nitrogen and oxygen atoms in total. The maximum atomic E-state index is 12.4. The number of carbonyl (C=O) groups excluding carboxylic acids is 3. The monoisotopic (exact) mass is 342 g/mol. The summed E-state index contributed by atoms with van der Waals surface area (Å²) in [4.78, 5) is 37.1. The van der Waals surface area contributed by atoms with Crippen LogP contribution in [0.5, 0.6) is 0 Å². The van der Waals surface area contributed by atoms with Gasteiger partial charge in [0.15, 0.2) is 0 Å². The van der Waals surface area contributed by atoms with Gasteiger partial charge < -0.3 is 9.47 Å². The first-order valence-corrected chi connectivity index (χ1v) is 8.30. The maximum absolute atomic E-state index is 12.4. The SMILES string of the molecule is CC(=O)[C@@H]1C(=O)OC[C@@]1(c1ccc(C)cc1)C1(C)OC(=O)C(C)=C1C. The lowest BCUT2D eigenvalue weighted by Crippen LogP contribution is -2.57. The predicted octanol–water partition coefficient (Wildman–Crippen LogP) is 2.65. The highest BCUT2D eigenvalue weighted by molar-refractivity contribution is 6.02.